The van der Waals surface area contributed by atoms with E-state index >= 15 is 0 Å². The Morgan fingerprint density at radius 2 is 1.40 bits per heavy atom. The van der Waals surface area contributed by atoms with Crippen LogP contribution in [0.25, 0.3) is 0 Å². The van der Waals surface area contributed by atoms with Crippen molar-refractivity contribution in [1.29, 1.82) is 0 Å². The summed E-state index contributed by atoms with van der Waals surface area (Å²) in [5, 5.41) is 14.5. The predicted molar refractivity (Wildman–Crippen MR) is 193 cm³/mol. The van der Waals surface area contributed by atoms with Crippen LogP contribution in [0.5, 0.6) is 5.75 Å². The van der Waals surface area contributed by atoms with Crippen LogP contribution in [0.1, 0.15) is 29.5 Å². The van der Waals surface area contributed by atoms with Gasteiger partial charge < -0.3 is 30.3 Å². The highest BCUT2D eigenvalue weighted by atomic mass is 16.5. The molecular weight excluding hydrogens is 638 g/mol. The molecule has 4 rings (SSSR count). The van der Waals surface area contributed by atoms with Gasteiger partial charge in [-0.05, 0) is 73.9 Å². The molecule has 0 aromatic heterocycles. The van der Waals surface area contributed by atoms with E-state index in [1.54, 1.807) is 80.8 Å². The lowest BCUT2D eigenvalue weighted by molar-refractivity contribution is -0.138. The number of likely N-dealkylation sites (N-methyl/N-ethyl adjacent to an activating group) is 2. The van der Waals surface area contributed by atoms with E-state index in [9.17, 15) is 29.1 Å². The smallest absolute Gasteiger partial charge is 0.319 e. The summed E-state index contributed by atoms with van der Waals surface area (Å²) >= 11 is 0. The molecule has 12 heteroatoms. The fourth-order valence-corrected chi connectivity index (χ4v) is 5.30. The van der Waals surface area contributed by atoms with E-state index in [0.717, 1.165) is 16.8 Å². The second-order valence-electron chi connectivity index (χ2n) is 11.7. The van der Waals surface area contributed by atoms with Gasteiger partial charge in [0.05, 0.1) is 18.2 Å². The Morgan fingerprint density at radius 1 is 0.760 bits per heavy atom. The number of anilines is 4. The number of hydrogen-bond acceptors (Lipinski definition) is 6. The van der Waals surface area contributed by atoms with E-state index in [1.807, 2.05) is 38.1 Å². The van der Waals surface area contributed by atoms with E-state index in [1.165, 1.54) is 27.7 Å². The molecule has 0 aliphatic rings. The number of aliphatic carboxylic acids is 1. The average molecular weight is 680 g/mol. The first-order chi connectivity index (χ1) is 23.9. The zero-order valence-corrected chi connectivity index (χ0v) is 28.7. The van der Waals surface area contributed by atoms with Gasteiger partial charge in [-0.2, -0.15) is 0 Å². The Kier molecular flexibility index (Phi) is 12.3. The summed E-state index contributed by atoms with van der Waals surface area (Å²) in [5.74, 6) is -2.97. The lowest BCUT2D eigenvalue weighted by Crippen LogP contribution is -2.46. The van der Waals surface area contributed by atoms with Crippen molar-refractivity contribution in [3.05, 3.63) is 114 Å². The molecule has 50 heavy (non-hydrogen) atoms. The first-order valence-electron chi connectivity index (χ1n) is 15.9. The zero-order chi connectivity index (χ0) is 36.4. The van der Waals surface area contributed by atoms with Crippen LogP contribution in [0, 0.1) is 13.8 Å². The second-order valence-corrected chi connectivity index (χ2v) is 11.7. The van der Waals surface area contributed by atoms with Crippen molar-refractivity contribution < 1.29 is 33.8 Å². The van der Waals surface area contributed by atoms with Gasteiger partial charge in [-0.15, -0.1) is 0 Å². The van der Waals surface area contributed by atoms with Gasteiger partial charge in [0.15, 0.2) is 6.61 Å². The molecule has 4 aromatic rings. The van der Waals surface area contributed by atoms with E-state index in [4.69, 9.17) is 4.74 Å². The number of aryl methyl sites for hydroxylation is 2. The van der Waals surface area contributed by atoms with E-state index in [-0.39, 0.29) is 24.0 Å². The number of urea groups is 1. The summed E-state index contributed by atoms with van der Waals surface area (Å²) in [6, 6.07) is 26.9. The molecule has 0 saturated heterocycles. The number of nitrogens with zero attached hydrogens (tertiary/aromatic N) is 3. The minimum absolute atomic E-state index is 0.188. The average Bonchev–Trinajstić information content (AvgIpc) is 3.11. The fraction of sp³-hybridized carbons (Fsp3) is 0.237. The maximum Gasteiger partial charge on any atom is 0.319 e. The summed E-state index contributed by atoms with van der Waals surface area (Å²) in [5.41, 5.74) is 4.31. The summed E-state index contributed by atoms with van der Waals surface area (Å²) in [4.78, 5) is 68.9. The minimum Gasteiger partial charge on any atom is -0.482 e. The highest BCUT2D eigenvalue weighted by Crippen LogP contribution is 2.30. The number of para-hydroxylation sites is 4. The molecule has 12 nitrogen and oxygen atoms in total. The molecule has 0 bridgehead atoms. The van der Waals surface area contributed by atoms with Crippen molar-refractivity contribution in [2.24, 2.45) is 0 Å². The molecule has 4 aromatic carbocycles. The van der Waals surface area contributed by atoms with Crippen LogP contribution in [-0.2, 0) is 19.2 Å². The van der Waals surface area contributed by atoms with Crippen LogP contribution < -0.4 is 30.1 Å². The number of nitrogens with one attached hydrogen (secondary N) is 2. The molecule has 0 spiro atoms. The SMILES string of the molecule is Cc1cccc(C)c1N(C)C(=O)COc1ccccc1N(CC(=O)N(C)c1ccccc1)C(=O)CNC(=O)Nc1cccc(C(C)C(=O)O)c1. The van der Waals surface area contributed by atoms with Gasteiger partial charge >= 0.3 is 12.0 Å². The molecule has 1 unspecified atom stereocenters. The predicted octanol–water partition coefficient (Wildman–Crippen LogP) is 5.35. The topological polar surface area (TPSA) is 149 Å². The van der Waals surface area contributed by atoms with Crippen molar-refractivity contribution in [2.75, 3.05) is 53.8 Å². The van der Waals surface area contributed by atoms with Crippen LogP contribution in [0.2, 0.25) is 0 Å². The molecule has 5 amide bonds. The van der Waals surface area contributed by atoms with Crippen molar-refractivity contribution in [1.82, 2.24) is 5.32 Å². The Labute approximate surface area is 291 Å². The summed E-state index contributed by atoms with van der Waals surface area (Å²) in [7, 11) is 3.26. The largest absolute Gasteiger partial charge is 0.482 e. The maximum absolute atomic E-state index is 13.8. The van der Waals surface area contributed by atoms with Crippen molar-refractivity contribution in [3.63, 3.8) is 0 Å². The van der Waals surface area contributed by atoms with E-state index in [0.29, 0.717) is 16.9 Å². The lowest BCUT2D eigenvalue weighted by Gasteiger charge is -2.27. The number of amides is 5. The first kappa shape index (κ1) is 36.7. The number of ether oxygens (including phenoxy) is 1. The van der Waals surface area contributed by atoms with Gasteiger partial charge in [-0.1, -0.05) is 60.7 Å². The summed E-state index contributed by atoms with van der Waals surface area (Å²) in [6.45, 7) is 4.12. The van der Waals surface area contributed by atoms with Crippen molar-refractivity contribution in [2.45, 2.75) is 26.7 Å². The lowest BCUT2D eigenvalue weighted by atomic mass is 10.0. The molecule has 0 radical (unpaired) electrons. The quantitative estimate of drug-likeness (QED) is 0.173. The van der Waals surface area contributed by atoms with Crippen LogP contribution in [0.15, 0.2) is 97.1 Å². The molecule has 0 aliphatic heterocycles. The van der Waals surface area contributed by atoms with Crippen LogP contribution in [-0.4, -0.2) is 68.6 Å². The first-order valence-corrected chi connectivity index (χ1v) is 15.9. The highest BCUT2D eigenvalue weighted by Gasteiger charge is 2.26. The van der Waals surface area contributed by atoms with Crippen LogP contribution in [0.4, 0.5) is 27.5 Å². The van der Waals surface area contributed by atoms with Gasteiger partial charge in [-0.3, -0.25) is 24.1 Å². The monoisotopic (exact) mass is 679 g/mol. The van der Waals surface area contributed by atoms with E-state index in [2.05, 4.69) is 10.6 Å². The van der Waals surface area contributed by atoms with Crippen molar-refractivity contribution in [3.8, 4) is 5.75 Å². The second kappa shape index (κ2) is 16.8. The van der Waals surface area contributed by atoms with Gasteiger partial charge in [-0.25, -0.2) is 4.79 Å². The number of rotatable bonds is 13. The fourth-order valence-electron chi connectivity index (χ4n) is 5.30. The Bertz CT molecular complexity index is 1840. The Balaban J connectivity index is 1.53. The molecule has 0 aliphatic carbocycles. The Morgan fingerprint density at radius 3 is 2.08 bits per heavy atom. The normalized spacial score (nSPS) is 11.1. The van der Waals surface area contributed by atoms with Gasteiger partial charge in [0.2, 0.25) is 11.8 Å². The molecule has 260 valence electrons. The zero-order valence-electron chi connectivity index (χ0n) is 28.7. The summed E-state index contributed by atoms with van der Waals surface area (Å²) < 4.78 is 5.98. The number of carboxylic acid groups (broad SMARTS) is 1. The third kappa shape index (κ3) is 9.25. The third-order valence-corrected chi connectivity index (χ3v) is 8.18. The number of carbonyl (C=O) groups excluding carboxylic acids is 4. The standard InChI is InChI=1S/C38H41N5O7/c1-25-13-11-14-26(2)36(25)42(5)35(46)24-50-32-20-10-9-19-31(32)43(23-34(45)41(4)30-17-7-6-8-18-30)33(44)22-39-38(49)40-29-16-12-15-28(21-29)27(3)37(47)48/h6-21,27H,22-24H2,1-5H3,(H,47,48)(H2,39,40,49). The third-order valence-electron chi connectivity index (χ3n) is 8.18. The van der Waals surface area contributed by atoms with Crippen LogP contribution >= 0.6 is 0 Å². The number of hydrogen-bond donors (Lipinski definition) is 3. The van der Waals surface area contributed by atoms with Crippen LogP contribution in [0.3, 0.4) is 0 Å². The molecule has 0 fully saturated rings. The number of benzene rings is 4. The Hall–Kier alpha value is -6.17. The van der Waals surface area contributed by atoms with E-state index < -0.39 is 42.8 Å². The highest BCUT2D eigenvalue weighted by molar-refractivity contribution is 6.06. The molecule has 0 saturated carbocycles. The molecule has 3 N–H and O–H groups in total. The van der Waals surface area contributed by atoms with Crippen molar-refractivity contribution >= 4 is 52.5 Å². The minimum atomic E-state index is -1.01. The molecular formula is C38H41N5O7. The number of carboxylic acids is 1. The van der Waals surface area contributed by atoms with Gasteiger partial charge in [0, 0.05) is 31.2 Å². The number of carbonyl (C=O) groups is 5. The van der Waals surface area contributed by atoms with Gasteiger partial charge in [0.1, 0.15) is 12.3 Å². The molecule has 0 heterocycles. The maximum atomic E-state index is 13.8. The van der Waals surface area contributed by atoms with Gasteiger partial charge in [0.25, 0.3) is 5.91 Å². The summed E-state index contributed by atoms with van der Waals surface area (Å²) in [6.07, 6.45) is 0. The molecule has 1 atom stereocenters.